The summed E-state index contributed by atoms with van der Waals surface area (Å²) in [6, 6.07) is 3.96. The van der Waals surface area contributed by atoms with Crippen LogP contribution >= 0.6 is 0 Å². The van der Waals surface area contributed by atoms with Crippen LogP contribution in [0, 0.1) is 13.8 Å². The molecule has 1 aromatic carbocycles. The van der Waals surface area contributed by atoms with Crippen LogP contribution in [-0.2, 0) is 19.5 Å². The topological polar surface area (TPSA) is 132 Å². The van der Waals surface area contributed by atoms with Crippen molar-refractivity contribution in [3.63, 3.8) is 0 Å². The molecule has 1 aromatic heterocycles. The third-order valence-corrected chi connectivity index (χ3v) is 7.73. The molecule has 0 aliphatic carbocycles. The molecule has 1 saturated heterocycles. The van der Waals surface area contributed by atoms with Crippen molar-refractivity contribution in [2.45, 2.75) is 44.6 Å². The van der Waals surface area contributed by atoms with Gasteiger partial charge in [-0.15, -0.1) is 0 Å². The molecule has 184 valence electrons. The average Bonchev–Trinajstić information content (AvgIpc) is 3.46. The number of aromatic amines is 1. The van der Waals surface area contributed by atoms with Crippen LogP contribution in [0.4, 0.5) is 0 Å². The molecule has 1 aliphatic heterocycles. The fourth-order valence-electron chi connectivity index (χ4n) is 3.96. The molecule has 1 fully saturated rings. The molecule has 0 bridgehead atoms. The Balaban J connectivity index is 1.84. The molecule has 0 radical (unpaired) electrons. The first-order chi connectivity index (χ1) is 16.0. The molecule has 10 nitrogen and oxygen atoms in total. The van der Waals surface area contributed by atoms with Crippen molar-refractivity contribution in [3.8, 4) is 5.75 Å². The van der Waals surface area contributed by atoms with Crippen LogP contribution in [0.2, 0.25) is 0 Å². The van der Waals surface area contributed by atoms with Crippen molar-refractivity contribution in [2.75, 3.05) is 27.3 Å². The maximum absolute atomic E-state index is 13.1. The fourth-order valence-corrected chi connectivity index (χ4v) is 5.66. The summed E-state index contributed by atoms with van der Waals surface area (Å²) < 4.78 is 42.7. The minimum Gasteiger partial charge on any atom is -0.495 e. The number of nitrogens with zero attached hydrogens (tertiary/aromatic N) is 1. The zero-order valence-corrected chi connectivity index (χ0v) is 20.6. The van der Waals surface area contributed by atoms with Crippen LogP contribution in [0.1, 0.15) is 62.2 Å². The van der Waals surface area contributed by atoms with E-state index in [0.717, 1.165) is 12.8 Å². The zero-order valence-electron chi connectivity index (χ0n) is 19.8. The van der Waals surface area contributed by atoms with Crippen LogP contribution in [0.3, 0.4) is 0 Å². The molecule has 0 saturated carbocycles. The van der Waals surface area contributed by atoms with Gasteiger partial charge in [-0.1, -0.05) is 0 Å². The zero-order chi connectivity index (χ0) is 25.2. The number of sulfonamides is 1. The minimum absolute atomic E-state index is 0.0344. The van der Waals surface area contributed by atoms with Crippen molar-refractivity contribution in [1.29, 1.82) is 0 Å². The Morgan fingerprint density at radius 3 is 2.29 bits per heavy atom. The lowest BCUT2D eigenvalue weighted by Crippen LogP contribution is -2.29. The van der Waals surface area contributed by atoms with E-state index in [9.17, 15) is 22.8 Å². The highest BCUT2D eigenvalue weighted by molar-refractivity contribution is 7.89. The van der Waals surface area contributed by atoms with E-state index in [1.807, 2.05) is 0 Å². The van der Waals surface area contributed by atoms with Crippen LogP contribution in [0.25, 0.3) is 0 Å². The monoisotopic (exact) mass is 492 g/mol. The largest absolute Gasteiger partial charge is 0.495 e. The first kappa shape index (κ1) is 25.4. The number of esters is 2. The Kier molecular flexibility index (Phi) is 7.47. The quantitative estimate of drug-likeness (QED) is 0.439. The van der Waals surface area contributed by atoms with Crippen molar-refractivity contribution < 1.29 is 37.0 Å². The highest BCUT2D eigenvalue weighted by atomic mass is 32.2. The Morgan fingerprint density at radius 1 is 1.06 bits per heavy atom. The van der Waals surface area contributed by atoms with Gasteiger partial charge in [-0.3, -0.25) is 4.79 Å². The SMILES string of the molecule is COC(=O)c1c(C)[nH]c(C(=O)C(C)OC(=O)c2ccc(OC)c(S(=O)(=O)N3CCCC3)c2)c1C. The molecule has 3 rings (SSSR count). The van der Waals surface area contributed by atoms with Gasteiger partial charge in [0.2, 0.25) is 15.8 Å². The van der Waals surface area contributed by atoms with E-state index >= 15 is 0 Å². The second kappa shape index (κ2) is 9.98. The van der Waals surface area contributed by atoms with E-state index in [-0.39, 0.29) is 27.5 Å². The Hall–Kier alpha value is -3.18. The standard InChI is InChI=1S/C23H28N2O8S/c1-13-19(23(28)32-5)14(2)24-20(13)21(26)15(3)33-22(27)16-8-9-17(31-4)18(12-16)34(29,30)25-10-6-7-11-25/h8-9,12,15,24H,6-7,10-11H2,1-5H3. The van der Waals surface area contributed by atoms with Crippen molar-refractivity contribution in [2.24, 2.45) is 0 Å². The van der Waals surface area contributed by atoms with Gasteiger partial charge in [-0.05, 0) is 57.4 Å². The number of H-pyrrole nitrogens is 1. The van der Waals surface area contributed by atoms with E-state index < -0.39 is 33.8 Å². The molecule has 1 N–H and O–H groups in total. The lowest BCUT2D eigenvalue weighted by atomic mass is 10.1. The van der Waals surface area contributed by atoms with Gasteiger partial charge in [0.15, 0.2) is 6.10 Å². The number of aryl methyl sites for hydroxylation is 1. The lowest BCUT2D eigenvalue weighted by molar-refractivity contribution is 0.0316. The summed E-state index contributed by atoms with van der Waals surface area (Å²) in [5, 5.41) is 0. The predicted molar refractivity (Wildman–Crippen MR) is 122 cm³/mol. The van der Waals surface area contributed by atoms with Gasteiger partial charge in [0, 0.05) is 18.8 Å². The van der Waals surface area contributed by atoms with Gasteiger partial charge in [-0.2, -0.15) is 4.31 Å². The third-order valence-electron chi connectivity index (χ3n) is 5.81. The van der Waals surface area contributed by atoms with E-state index in [2.05, 4.69) is 4.98 Å². The van der Waals surface area contributed by atoms with Crippen molar-refractivity contribution in [3.05, 3.63) is 46.3 Å². The molecular formula is C23H28N2O8S. The number of carbonyl (C=O) groups is 3. The van der Waals surface area contributed by atoms with Gasteiger partial charge in [0.25, 0.3) is 0 Å². The van der Waals surface area contributed by atoms with Crippen molar-refractivity contribution in [1.82, 2.24) is 9.29 Å². The summed E-state index contributed by atoms with van der Waals surface area (Å²) in [6.45, 7) is 5.42. The smallest absolute Gasteiger partial charge is 0.339 e. The highest BCUT2D eigenvalue weighted by Gasteiger charge is 2.32. The summed E-state index contributed by atoms with van der Waals surface area (Å²) in [4.78, 5) is 40.4. The maximum Gasteiger partial charge on any atom is 0.339 e. The number of benzene rings is 1. The summed E-state index contributed by atoms with van der Waals surface area (Å²) in [7, 11) is -1.27. The summed E-state index contributed by atoms with van der Waals surface area (Å²) in [5.74, 6) is -1.88. The van der Waals surface area contributed by atoms with Gasteiger partial charge in [0.1, 0.15) is 10.6 Å². The Labute approximate surface area is 198 Å². The second-order valence-electron chi connectivity index (χ2n) is 8.01. The minimum atomic E-state index is -3.86. The second-order valence-corrected chi connectivity index (χ2v) is 9.91. The average molecular weight is 493 g/mol. The number of methoxy groups -OCH3 is 2. The summed E-state index contributed by atoms with van der Waals surface area (Å²) in [5.41, 5.74) is 1.19. The normalized spacial score (nSPS) is 15.1. The number of nitrogens with one attached hydrogen (secondary N) is 1. The first-order valence-electron chi connectivity index (χ1n) is 10.7. The van der Waals surface area contributed by atoms with E-state index in [1.54, 1.807) is 13.8 Å². The number of Topliss-reactive ketones (excluding diaryl/α,β-unsaturated/α-hetero) is 1. The van der Waals surface area contributed by atoms with Gasteiger partial charge < -0.3 is 19.2 Å². The van der Waals surface area contributed by atoms with E-state index in [1.165, 1.54) is 43.6 Å². The number of rotatable bonds is 8. The molecule has 34 heavy (non-hydrogen) atoms. The van der Waals surface area contributed by atoms with Gasteiger partial charge in [0.05, 0.1) is 31.0 Å². The van der Waals surface area contributed by atoms with E-state index in [4.69, 9.17) is 14.2 Å². The molecule has 11 heteroatoms. The Morgan fingerprint density at radius 2 is 1.71 bits per heavy atom. The lowest BCUT2D eigenvalue weighted by Gasteiger charge is -2.18. The molecule has 0 amide bonds. The summed E-state index contributed by atoms with van der Waals surface area (Å²) in [6.07, 6.45) is 0.326. The molecule has 2 heterocycles. The number of hydrogen-bond donors (Lipinski definition) is 1. The molecule has 2 aromatic rings. The number of hydrogen-bond acceptors (Lipinski definition) is 8. The first-order valence-corrected chi connectivity index (χ1v) is 12.2. The number of ketones is 1. The van der Waals surface area contributed by atoms with E-state index in [0.29, 0.717) is 24.3 Å². The number of aromatic nitrogens is 1. The molecule has 0 spiro atoms. The molecule has 1 unspecified atom stereocenters. The molecular weight excluding hydrogens is 464 g/mol. The number of ether oxygens (including phenoxy) is 3. The van der Waals surface area contributed by atoms with Crippen molar-refractivity contribution >= 4 is 27.7 Å². The van der Waals surface area contributed by atoms with Gasteiger partial charge in [-0.25, -0.2) is 18.0 Å². The predicted octanol–water partition coefficient (Wildman–Crippen LogP) is 2.64. The third kappa shape index (κ3) is 4.71. The molecule has 1 aliphatic rings. The number of carbonyl (C=O) groups excluding carboxylic acids is 3. The van der Waals surface area contributed by atoms with Crippen LogP contribution in [-0.4, -0.2) is 68.8 Å². The van der Waals surface area contributed by atoms with Crippen LogP contribution < -0.4 is 4.74 Å². The fraction of sp³-hybridized carbons (Fsp3) is 0.435. The highest BCUT2D eigenvalue weighted by Crippen LogP contribution is 2.30. The van der Waals surface area contributed by atoms with Crippen LogP contribution in [0.15, 0.2) is 23.1 Å². The molecule has 1 atom stereocenters. The maximum atomic E-state index is 13.1. The van der Waals surface area contributed by atoms with Gasteiger partial charge >= 0.3 is 11.9 Å². The van der Waals surface area contributed by atoms with Crippen LogP contribution in [0.5, 0.6) is 5.75 Å². The Bertz CT molecular complexity index is 1230. The summed E-state index contributed by atoms with van der Waals surface area (Å²) >= 11 is 0.